The van der Waals surface area contributed by atoms with Crippen LogP contribution in [0.4, 0.5) is 17.1 Å². The van der Waals surface area contributed by atoms with Crippen LogP contribution in [0.15, 0.2) is 48.5 Å². The normalized spacial score (nSPS) is 9.77. The first kappa shape index (κ1) is 18.7. The molecule has 2 rings (SSSR count). The first-order valence-electron chi connectivity index (χ1n) is 7.57. The summed E-state index contributed by atoms with van der Waals surface area (Å²) in [6.45, 7) is 1.37. The number of methoxy groups -OCH3 is 1. The van der Waals surface area contributed by atoms with Gasteiger partial charge in [-0.1, -0.05) is 6.07 Å². The number of benzene rings is 2. The van der Waals surface area contributed by atoms with Gasteiger partial charge in [-0.15, -0.1) is 0 Å². The SMILES string of the molecule is COC(=O)c1ccc(NC(=O)C(=O)Nc2cccc(NC(C)=O)c2)cc1. The Balaban J connectivity index is 1.98. The van der Waals surface area contributed by atoms with E-state index in [1.165, 1.54) is 44.4 Å². The molecule has 0 unspecified atom stereocenters. The highest BCUT2D eigenvalue weighted by Crippen LogP contribution is 2.15. The van der Waals surface area contributed by atoms with Crippen LogP contribution in [0.3, 0.4) is 0 Å². The van der Waals surface area contributed by atoms with Crippen molar-refractivity contribution in [2.75, 3.05) is 23.1 Å². The van der Waals surface area contributed by atoms with Gasteiger partial charge in [0.1, 0.15) is 0 Å². The minimum absolute atomic E-state index is 0.248. The van der Waals surface area contributed by atoms with Crippen LogP contribution in [0.1, 0.15) is 17.3 Å². The summed E-state index contributed by atoms with van der Waals surface area (Å²) in [7, 11) is 1.27. The molecule has 0 fully saturated rings. The van der Waals surface area contributed by atoms with Gasteiger partial charge in [-0.2, -0.15) is 0 Å². The number of hydrogen-bond acceptors (Lipinski definition) is 5. The smallest absolute Gasteiger partial charge is 0.337 e. The molecule has 0 saturated carbocycles. The predicted molar refractivity (Wildman–Crippen MR) is 95.8 cm³/mol. The van der Waals surface area contributed by atoms with Gasteiger partial charge in [0.25, 0.3) is 0 Å². The van der Waals surface area contributed by atoms with Crippen LogP contribution in [0, 0.1) is 0 Å². The summed E-state index contributed by atoms with van der Waals surface area (Å²) in [5.41, 5.74) is 1.53. The molecule has 0 aliphatic carbocycles. The van der Waals surface area contributed by atoms with Crippen molar-refractivity contribution in [1.29, 1.82) is 0 Å². The minimum Gasteiger partial charge on any atom is -0.465 e. The number of ether oxygens (including phenoxy) is 1. The summed E-state index contributed by atoms with van der Waals surface area (Å²) in [4.78, 5) is 46.4. The van der Waals surface area contributed by atoms with Crippen LogP contribution in [-0.4, -0.2) is 30.8 Å². The maximum absolute atomic E-state index is 12.0. The van der Waals surface area contributed by atoms with Crippen molar-refractivity contribution in [1.82, 2.24) is 0 Å². The molecule has 0 aliphatic heterocycles. The van der Waals surface area contributed by atoms with E-state index in [0.29, 0.717) is 22.6 Å². The molecule has 8 heteroatoms. The summed E-state index contributed by atoms with van der Waals surface area (Å²) in [5, 5.41) is 7.44. The standard InChI is InChI=1S/C18H17N3O5/c1-11(22)19-14-4-3-5-15(10-14)21-17(24)16(23)20-13-8-6-12(7-9-13)18(25)26-2/h3-10H,1-2H3,(H,19,22)(H,20,23)(H,21,24). The third-order valence-corrected chi connectivity index (χ3v) is 3.21. The zero-order valence-electron chi connectivity index (χ0n) is 14.2. The summed E-state index contributed by atoms with van der Waals surface area (Å²) >= 11 is 0. The Morgan fingerprint density at radius 2 is 1.31 bits per heavy atom. The molecule has 0 saturated heterocycles. The zero-order chi connectivity index (χ0) is 19.1. The Bertz CT molecular complexity index is 846. The maximum Gasteiger partial charge on any atom is 0.337 e. The molecule has 0 aromatic heterocycles. The van der Waals surface area contributed by atoms with Crippen molar-refractivity contribution >= 4 is 40.8 Å². The fourth-order valence-corrected chi connectivity index (χ4v) is 2.06. The number of nitrogens with one attached hydrogen (secondary N) is 3. The third-order valence-electron chi connectivity index (χ3n) is 3.21. The second kappa shape index (κ2) is 8.43. The average molecular weight is 355 g/mol. The van der Waals surface area contributed by atoms with Crippen LogP contribution in [0.2, 0.25) is 0 Å². The molecule has 3 N–H and O–H groups in total. The summed E-state index contributed by atoms with van der Waals surface area (Å²) in [6, 6.07) is 12.3. The highest BCUT2D eigenvalue weighted by Gasteiger charge is 2.15. The van der Waals surface area contributed by atoms with Gasteiger partial charge in [-0.05, 0) is 42.5 Å². The van der Waals surface area contributed by atoms with E-state index >= 15 is 0 Å². The lowest BCUT2D eigenvalue weighted by Gasteiger charge is -2.08. The van der Waals surface area contributed by atoms with Crippen LogP contribution in [-0.2, 0) is 19.1 Å². The number of carbonyl (C=O) groups excluding carboxylic acids is 4. The van der Waals surface area contributed by atoms with Gasteiger partial charge in [0.05, 0.1) is 12.7 Å². The molecule has 0 radical (unpaired) electrons. The van der Waals surface area contributed by atoms with Crippen LogP contribution < -0.4 is 16.0 Å². The number of rotatable bonds is 4. The lowest BCUT2D eigenvalue weighted by Crippen LogP contribution is -2.29. The Hall–Kier alpha value is -3.68. The van der Waals surface area contributed by atoms with Gasteiger partial charge in [-0.3, -0.25) is 14.4 Å². The molecule has 134 valence electrons. The number of anilines is 3. The average Bonchev–Trinajstić information content (AvgIpc) is 2.61. The van der Waals surface area contributed by atoms with Gasteiger partial charge in [0.2, 0.25) is 5.91 Å². The monoisotopic (exact) mass is 355 g/mol. The van der Waals surface area contributed by atoms with E-state index < -0.39 is 17.8 Å². The second-order valence-electron chi connectivity index (χ2n) is 5.24. The second-order valence-corrected chi connectivity index (χ2v) is 5.24. The predicted octanol–water partition coefficient (Wildman–Crippen LogP) is 2.01. The van der Waals surface area contributed by atoms with Crippen LogP contribution >= 0.6 is 0 Å². The molecule has 0 bridgehead atoms. The van der Waals surface area contributed by atoms with Crippen molar-refractivity contribution in [2.24, 2.45) is 0 Å². The van der Waals surface area contributed by atoms with Crippen LogP contribution in [0.5, 0.6) is 0 Å². The molecule has 26 heavy (non-hydrogen) atoms. The molecule has 8 nitrogen and oxygen atoms in total. The number of esters is 1. The summed E-state index contributed by atoms with van der Waals surface area (Å²) in [5.74, 6) is -2.50. The van der Waals surface area contributed by atoms with Crippen molar-refractivity contribution < 1.29 is 23.9 Å². The van der Waals surface area contributed by atoms with Gasteiger partial charge >= 0.3 is 17.8 Å². The summed E-state index contributed by atoms with van der Waals surface area (Å²) < 4.78 is 4.58. The lowest BCUT2D eigenvalue weighted by molar-refractivity contribution is -0.132. The van der Waals surface area contributed by atoms with Gasteiger partial charge < -0.3 is 20.7 Å². The largest absolute Gasteiger partial charge is 0.465 e. The molecule has 0 heterocycles. The van der Waals surface area contributed by atoms with E-state index in [-0.39, 0.29) is 5.91 Å². The van der Waals surface area contributed by atoms with E-state index in [0.717, 1.165) is 0 Å². The van der Waals surface area contributed by atoms with E-state index in [9.17, 15) is 19.2 Å². The maximum atomic E-state index is 12.0. The van der Waals surface area contributed by atoms with E-state index in [4.69, 9.17) is 0 Å². The lowest BCUT2D eigenvalue weighted by atomic mass is 10.2. The third kappa shape index (κ3) is 5.17. The van der Waals surface area contributed by atoms with Crippen molar-refractivity contribution in [3.63, 3.8) is 0 Å². The van der Waals surface area contributed by atoms with Gasteiger partial charge in [0, 0.05) is 24.0 Å². The molecule has 0 aliphatic rings. The van der Waals surface area contributed by atoms with Crippen molar-refractivity contribution in [2.45, 2.75) is 6.92 Å². The molecule has 3 amide bonds. The van der Waals surface area contributed by atoms with E-state index in [1.807, 2.05) is 0 Å². The number of carbonyl (C=O) groups is 4. The number of amides is 3. The quantitative estimate of drug-likeness (QED) is 0.573. The highest BCUT2D eigenvalue weighted by atomic mass is 16.5. The first-order valence-corrected chi connectivity index (χ1v) is 7.57. The summed E-state index contributed by atoms with van der Waals surface area (Å²) in [6.07, 6.45) is 0. The molecule has 0 atom stereocenters. The zero-order valence-corrected chi connectivity index (χ0v) is 14.2. The van der Waals surface area contributed by atoms with Gasteiger partial charge in [0.15, 0.2) is 0 Å². The van der Waals surface area contributed by atoms with Crippen molar-refractivity contribution in [3.05, 3.63) is 54.1 Å². The van der Waals surface area contributed by atoms with Crippen LogP contribution in [0.25, 0.3) is 0 Å². The fourth-order valence-electron chi connectivity index (χ4n) is 2.06. The molecule has 2 aromatic carbocycles. The Kier molecular flexibility index (Phi) is 6.05. The fraction of sp³-hybridized carbons (Fsp3) is 0.111. The Morgan fingerprint density at radius 1 is 0.769 bits per heavy atom. The molecule has 0 spiro atoms. The Labute approximate surface area is 149 Å². The van der Waals surface area contributed by atoms with Gasteiger partial charge in [-0.25, -0.2) is 4.79 Å². The topological polar surface area (TPSA) is 114 Å². The first-order chi connectivity index (χ1) is 12.4. The molecular formula is C18H17N3O5. The minimum atomic E-state index is -0.874. The van der Waals surface area contributed by atoms with E-state index in [1.54, 1.807) is 18.2 Å². The Morgan fingerprint density at radius 3 is 1.85 bits per heavy atom. The number of hydrogen-bond donors (Lipinski definition) is 3. The molecule has 2 aromatic rings. The van der Waals surface area contributed by atoms with E-state index in [2.05, 4.69) is 20.7 Å². The highest BCUT2D eigenvalue weighted by molar-refractivity contribution is 6.43. The van der Waals surface area contributed by atoms with Crippen molar-refractivity contribution in [3.8, 4) is 0 Å². The molecular weight excluding hydrogens is 338 g/mol.